The van der Waals surface area contributed by atoms with E-state index in [0.717, 1.165) is 57.8 Å². The Kier molecular flexibility index (Phi) is 37.6. The van der Waals surface area contributed by atoms with Crippen molar-refractivity contribution in [3.63, 3.8) is 0 Å². The second-order valence-corrected chi connectivity index (χ2v) is 19.4. The van der Waals surface area contributed by atoms with Crippen LogP contribution in [0.25, 0.3) is 0 Å². The predicted octanol–water partition coefficient (Wildman–Crippen LogP) is 10.6. The van der Waals surface area contributed by atoms with Crippen molar-refractivity contribution in [3.05, 3.63) is 12.2 Å². The summed E-state index contributed by atoms with van der Waals surface area (Å²) in [5, 5.41) is 50.2. The minimum atomic E-state index is -5.12. The van der Waals surface area contributed by atoms with Crippen molar-refractivity contribution in [2.45, 2.75) is 275 Å². The highest BCUT2D eigenvalue weighted by molar-refractivity contribution is 7.47. The number of hydrogen-bond acceptors (Lipinski definition) is 12. The first-order valence-corrected chi connectivity index (χ1v) is 27.0. The zero-order valence-corrected chi connectivity index (χ0v) is 40.5. The molecule has 0 aliphatic heterocycles. The van der Waals surface area contributed by atoms with Crippen LogP contribution in [0.2, 0.25) is 0 Å². The average molecular weight is 921 g/mol. The second kappa shape index (κ2) is 39.7. The minimum Gasteiger partial charge on any atom is -0.462 e. The molecule has 0 bridgehead atoms. The molecule has 0 amide bonds. The first-order chi connectivity index (χ1) is 30.4. The third-order valence-corrected chi connectivity index (χ3v) is 13.1. The summed E-state index contributed by atoms with van der Waals surface area (Å²) in [6.45, 7) is 3.32. The molecule has 6 N–H and O–H groups in total. The van der Waals surface area contributed by atoms with Crippen molar-refractivity contribution in [2.24, 2.45) is 0 Å². The zero-order chi connectivity index (χ0) is 46.4. The van der Waals surface area contributed by atoms with E-state index in [1.807, 2.05) is 0 Å². The first-order valence-electron chi connectivity index (χ1n) is 25.5. The van der Waals surface area contributed by atoms with E-state index < -0.39 is 75.7 Å². The van der Waals surface area contributed by atoms with Gasteiger partial charge in [-0.2, -0.15) is 0 Å². The fourth-order valence-corrected chi connectivity index (χ4v) is 8.96. The Morgan fingerprint density at radius 2 is 0.810 bits per heavy atom. The quantitative estimate of drug-likeness (QED) is 0.0146. The van der Waals surface area contributed by atoms with Crippen LogP contribution in [0, 0.1) is 0 Å². The summed E-state index contributed by atoms with van der Waals surface area (Å²) in [5.41, 5.74) is 0. The standard InChI is InChI=1S/C49H93O13P/c1-3-5-7-9-11-13-15-17-19-20-21-22-24-26-28-30-32-34-36-38-43(51)61-41(40-60-63(57,58)62-49-47(55)45(53)44(52)46(54)48(49)56)39-59-42(50)37-35-33-31-29-27-25-23-18-16-14-12-10-8-6-4-2/h18,23,41,44-49,52-56H,3-17,19-22,24-40H2,1-2H3,(H,57,58)/b23-18+/t41-,44?,45-,46?,47?,48?,49?/m1/s1. The van der Waals surface area contributed by atoms with E-state index in [-0.39, 0.29) is 12.8 Å². The summed E-state index contributed by atoms with van der Waals surface area (Å²) in [6.07, 6.45) is 29.7. The van der Waals surface area contributed by atoms with E-state index in [9.17, 15) is 44.6 Å². The monoisotopic (exact) mass is 921 g/mol. The molecular formula is C49H93O13P. The van der Waals surface area contributed by atoms with Gasteiger partial charge in [0, 0.05) is 12.8 Å². The van der Waals surface area contributed by atoms with Crippen LogP contribution in [-0.4, -0.2) is 98.3 Å². The Balaban J connectivity index is 2.40. The Labute approximate surface area is 382 Å². The molecule has 63 heavy (non-hydrogen) atoms. The Morgan fingerprint density at radius 1 is 0.476 bits per heavy atom. The molecule has 1 aliphatic rings. The normalized spacial score (nSPS) is 21.7. The van der Waals surface area contributed by atoms with E-state index in [1.54, 1.807) is 0 Å². The van der Waals surface area contributed by atoms with Crippen LogP contribution < -0.4 is 0 Å². The number of aliphatic hydroxyl groups excluding tert-OH is 5. The van der Waals surface area contributed by atoms with Gasteiger partial charge in [0.15, 0.2) is 6.10 Å². The van der Waals surface area contributed by atoms with Crippen molar-refractivity contribution < 1.29 is 63.1 Å². The van der Waals surface area contributed by atoms with Gasteiger partial charge in [0.2, 0.25) is 0 Å². The van der Waals surface area contributed by atoms with Crippen LogP contribution in [0.1, 0.15) is 232 Å². The second-order valence-electron chi connectivity index (χ2n) is 18.0. The lowest BCUT2D eigenvalue weighted by molar-refractivity contribution is -0.220. The van der Waals surface area contributed by atoms with Crippen LogP contribution in [0.15, 0.2) is 12.2 Å². The Bertz CT molecular complexity index is 1160. The van der Waals surface area contributed by atoms with Crippen molar-refractivity contribution in [1.29, 1.82) is 0 Å². The molecule has 0 spiro atoms. The molecule has 13 nitrogen and oxygen atoms in total. The smallest absolute Gasteiger partial charge is 0.462 e. The molecule has 14 heteroatoms. The van der Waals surface area contributed by atoms with Crippen LogP contribution in [0.5, 0.6) is 0 Å². The SMILES string of the molecule is CCCCCCCC/C=C/CCCCCCCC(=O)OC[C@H](COP(=O)(O)OC1C(O)C(O)C(O)[C@@H](O)C1O)OC(=O)CCCCCCCCCCCCCCCCCCCCC. The van der Waals surface area contributed by atoms with Gasteiger partial charge in [-0.3, -0.25) is 18.6 Å². The summed E-state index contributed by atoms with van der Waals surface area (Å²) in [5.74, 6) is -1.10. The highest BCUT2D eigenvalue weighted by Crippen LogP contribution is 2.47. The van der Waals surface area contributed by atoms with Gasteiger partial charge in [-0.05, 0) is 38.5 Å². The topological polar surface area (TPSA) is 210 Å². The highest BCUT2D eigenvalue weighted by Gasteiger charge is 2.51. The van der Waals surface area contributed by atoms with Crippen molar-refractivity contribution in [2.75, 3.05) is 13.2 Å². The van der Waals surface area contributed by atoms with E-state index in [0.29, 0.717) is 12.8 Å². The van der Waals surface area contributed by atoms with Crippen molar-refractivity contribution in [3.8, 4) is 0 Å². The molecule has 1 fully saturated rings. The van der Waals surface area contributed by atoms with Crippen LogP contribution in [-0.2, 0) is 32.7 Å². The number of ether oxygens (including phenoxy) is 2. The van der Waals surface area contributed by atoms with Gasteiger partial charge in [-0.1, -0.05) is 193 Å². The molecule has 0 heterocycles. The summed E-state index contributed by atoms with van der Waals surface area (Å²) >= 11 is 0. The molecule has 6 unspecified atom stereocenters. The van der Waals surface area contributed by atoms with Crippen molar-refractivity contribution >= 4 is 19.8 Å². The Hall–Kier alpha value is -1.41. The van der Waals surface area contributed by atoms with Gasteiger partial charge < -0.3 is 39.9 Å². The first kappa shape index (κ1) is 59.6. The van der Waals surface area contributed by atoms with Crippen molar-refractivity contribution in [1.82, 2.24) is 0 Å². The number of phosphoric ester groups is 1. The fourth-order valence-electron chi connectivity index (χ4n) is 7.99. The molecule has 1 rings (SSSR count). The van der Waals surface area contributed by atoms with E-state index in [2.05, 4.69) is 26.0 Å². The molecule has 0 aromatic carbocycles. The van der Waals surface area contributed by atoms with Gasteiger partial charge >= 0.3 is 19.8 Å². The number of hydrogen-bond donors (Lipinski definition) is 6. The van der Waals surface area contributed by atoms with Gasteiger partial charge in [-0.15, -0.1) is 0 Å². The van der Waals surface area contributed by atoms with Gasteiger partial charge in [0.25, 0.3) is 0 Å². The number of allylic oxidation sites excluding steroid dienone is 2. The summed E-state index contributed by atoms with van der Waals surface area (Å²) in [6, 6.07) is 0. The molecule has 0 aromatic heterocycles. The highest BCUT2D eigenvalue weighted by atomic mass is 31.2. The largest absolute Gasteiger partial charge is 0.472 e. The number of aliphatic hydroxyl groups is 5. The van der Waals surface area contributed by atoms with Gasteiger partial charge in [0.05, 0.1) is 6.61 Å². The third kappa shape index (κ3) is 32.0. The van der Waals surface area contributed by atoms with Gasteiger partial charge in [0.1, 0.15) is 43.2 Å². The molecular weight excluding hydrogens is 827 g/mol. The summed E-state index contributed by atoms with van der Waals surface area (Å²) < 4.78 is 33.6. The maximum atomic E-state index is 12.8. The number of esters is 2. The molecule has 1 aliphatic carbocycles. The molecule has 1 saturated carbocycles. The minimum absolute atomic E-state index is 0.101. The zero-order valence-electron chi connectivity index (χ0n) is 39.6. The van der Waals surface area contributed by atoms with Crippen LogP contribution in [0.3, 0.4) is 0 Å². The van der Waals surface area contributed by atoms with E-state index in [1.165, 1.54) is 135 Å². The molecule has 8 atom stereocenters. The maximum Gasteiger partial charge on any atom is 0.472 e. The Morgan fingerprint density at radius 3 is 1.21 bits per heavy atom. The van der Waals surface area contributed by atoms with Crippen LogP contribution >= 0.6 is 7.82 Å². The summed E-state index contributed by atoms with van der Waals surface area (Å²) in [4.78, 5) is 35.8. The number of unbranched alkanes of at least 4 members (excludes halogenated alkanes) is 29. The lowest BCUT2D eigenvalue weighted by Crippen LogP contribution is -2.64. The lowest BCUT2D eigenvalue weighted by atomic mass is 9.85. The molecule has 0 saturated heterocycles. The van der Waals surface area contributed by atoms with Gasteiger partial charge in [-0.25, -0.2) is 4.57 Å². The molecule has 0 radical (unpaired) electrons. The predicted molar refractivity (Wildman–Crippen MR) is 249 cm³/mol. The number of phosphoric acid groups is 1. The molecule has 372 valence electrons. The molecule has 0 aromatic rings. The lowest BCUT2D eigenvalue weighted by Gasteiger charge is -2.41. The average Bonchev–Trinajstić information content (AvgIpc) is 3.26. The maximum absolute atomic E-state index is 12.8. The van der Waals surface area contributed by atoms with E-state index in [4.69, 9.17) is 18.5 Å². The fraction of sp³-hybridized carbons (Fsp3) is 0.918. The van der Waals surface area contributed by atoms with E-state index >= 15 is 0 Å². The number of carbonyl (C=O) groups is 2. The summed E-state index contributed by atoms with van der Waals surface area (Å²) in [7, 11) is -5.12. The number of rotatable bonds is 43. The van der Waals surface area contributed by atoms with Crippen LogP contribution in [0.4, 0.5) is 0 Å². The third-order valence-electron chi connectivity index (χ3n) is 12.1. The number of carbonyl (C=O) groups excluding carboxylic acids is 2.